The van der Waals surface area contributed by atoms with Gasteiger partial charge in [-0.15, -0.1) is 0 Å². The second-order valence-corrected chi connectivity index (χ2v) is 6.82. The van der Waals surface area contributed by atoms with Crippen LogP contribution in [0.15, 0.2) is 42.6 Å². The Morgan fingerprint density at radius 2 is 2.08 bits per heavy atom. The Kier molecular flexibility index (Phi) is 4.28. The fraction of sp³-hybridized carbons (Fsp3) is 0.368. The topological polar surface area (TPSA) is 88.4 Å². The molecule has 0 spiro atoms. The van der Waals surface area contributed by atoms with Gasteiger partial charge in [0.05, 0.1) is 16.7 Å². The molecule has 7 heteroatoms. The van der Waals surface area contributed by atoms with Crippen molar-refractivity contribution in [3.63, 3.8) is 0 Å². The summed E-state index contributed by atoms with van der Waals surface area (Å²) in [5.41, 5.74) is 1.65. The van der Waals surface area contributed by atoms with Crippen molar-refractivity contribution in [2.45, 2.75) is 37.8 Å². The summed E-state index contributed by atoms with van der Waals surface area (Å²) in [5, 5.41) is 14.6. The van der Waals surface area contributed by atoms with Crippen LogP contribution >= 0.6 is 0 Å². The third kappa shape index (κ3) is 3.24. The number of nitro groups is 1. The van der Waals surface area contributed by atoms with Crippen LogP contribution in [-0.2, 0) is 0 Å². The van der Waals surface area contributed by atoms with Crippen LogP contribution in [0.1, 0.15) is 47.8 Å². The summed E-state index contributed by atoms with van der Waals surface area (Å²) in [6, 6.07) is 10.6. The molecular weight excluding hydrogens is 332 g/mol. The number of nitrogens with zero attached hydrogens (tertiary/aromatic N) is 3. The van der Waals surface area contributed by atoms with E-state index in [0.717, 1.165) is 31.4 Å². The molecule has 0 radical (unpaired) electrons. The minimum absolute atomic E-state index is 0.0451. The van der Waals surface area contributed by atoms with E-state index in [1.165, 1.54) is 6.07 Å². The van der Waals surface area contributed by atoms with Crippen LogP contribution in [0.2, 0.25) is 0 Å². The molecule has 1 N–H and O–H groups in total. The zero-order valence-electron chi connectivity index (χ0n) is 14.3. The summed E-state index contributed by atoms with van der Waals surface area (Å²) in [4.78, 5) is 30.2. The van der Waals surface area contributed by atoms with E-state index in [1.54, 1.807) is 23.2 Å². The summed E-state index contributed by atoms with van der Waals surface area (Å²) < 4.78 is 0. The van der Waals surface area contributed by atoms with Crippen molar-refractivity contribution in [3.05, 3.63) is 64.0 Å². The van der Waals surface area contributed by atoms with E-state index in [0.29, 0.717) is 23.8 Å². The number of likely N-dealkylation sites (tertiary alicyclic amines) is 1. The van der Waals surface area contributed by atoms with Crippen LogP contribution in [0.4, 0.5) is 11.4 Å². The first kappa shape index (κ1) is 16.5. The number of hydrogen-bond acceptors (Lipinski definition) is 5. The van der Waals surface area contributed by atoms with Gasteiger partial charge in [0.25, 0.3) is 11.6 Å². The summed E-state index contributed by atoms with van der Waals surface area (Å²) in [6.45, 7) is 0.635. The maximum atomic E-state index is 13.0. The number of amides is 1. The summed E-state index contributed by atoms with van der Waals surface area (Å²) in [6.07, 6.45) is 5.52. The van der Waals surface area contributed by atoms with Gasteiger partial charge >= 0.3 is 0 Å². The van der Waals surface area contributed by atoms with Crippen molar-refractivity contribution >= 4 is 17.3 Å². The molecule has 2 aromatic rings. The molecule has 1 aliphatic heterocycles. The quantitative estimate of drug-likeness (QED) is 0.657. The number of hydrogen-bond donors (Lipinski definition) is 1. The van der Waals surface area contributed by atoms with Crippen LogP contribution in [0.25, 0.3) is 0 Å². The highest BCUT2D eigenvalue weighted by atomic mass is 16.6. The van der Waals surface area contributed by atoms with Crippen LogP contribution in [-0.4, -0.2) is 33.3 Å². The average molecular weight is 352 g/mol. The molecule has 1 aromatic heterocycles. The molecule has 1 aliphatic carbocycles. The normalized spacial score (nSPS) is 19.4. The summed E-state index contributed by atoms with van der Waals surface area (Å²) in [7, 11) is 0. The Hall–Kier alpha value is -2.96. The molecule has 1 saturated carbocycles. The predicted octanol–water partition coefficient (Wildman–Crippen LogP) is 3.54. The van der Waals surface area contributed by atoms with Crippen molar-refractivity contribution in [2.24, 2.45) is 0 Å². The molecule has 1 saturated heterocycles. The minimum Gasteiger partial charge on any atom is -0.377 e. The molecule has 1 aromatic carbocycles. The van der Waals surface area contributed by atoms with Gasteiger partial charge < -0.3 is 10.2 Å². The van der Waals surface area contributed by atoms with E-state index in [4.69, 9.17) is 0 Å². The average Bonchev–Trinajstić information content (AvgIpc) is 3.34. The van der Waals surface area contributed by atoms with Crippen molar-refractivity contribution in [1.82, 2.24) is 9.88 Å². The first-order chi connectivity index (χ1) is 12.6. The van der Waals surface area contributed by atoms with Gasteiger partial charge in [0.15, 0.2) is 0 Å². The maximum Gasteiger partial charge on any atom is 0.293 e. The van der Waals surface area contributed by atoms with Crippen LogP contribution in [0.5, 0.6) is 0 Å². The second-order valence-electron chi connectivity index (χ2n) is 6.82. The number of rotatable bonds is 5. The molecule has 1 atom stereocenters. The number of nitrogens with one attached hydrogen (secondary N) is 1. The third-order valence-electron chi connectivity index (χ3n) is 4.92. The third-order valence-corrected chi connectivity index (χ3v) is 4.92. The Morgan fingerprint density at radius 1 is 1.23 bits per heavy atom. The number of carbonyl (C=O) groups is 1. The van der Waals surface area contributed by atoms with Gasteiger partial charge in [-0.25, -0.2) is 0 Å². The van der Waals surface area contributed by atoms with Crippen molar-refractivity contribution in [2.75, 3.05) is 11.9 Å². The highest BCUT2D eigenvalue weighted by Crippen LogP contribution is 2.35. The van der Waals surface area contributed by atoms with Gasteiger partial charge in [-0.3, -0.25) is 19.9 Å². The van der Waals surface area contributed by atoms with E-state index < -0.39 is 4.92 Å². The molecule has 0 bridgehead atoms. The highest BCUT2D eigenvalue weighted by molar-refractivity contribution is 5.96. The molecule has 7 nitrogen and oxygen atoms in total. The second kappa shape index (κ2) is 6.74. The van der Waals surface area contributed by atoms with E-state index in [9.17, 15) is 14.9 Å². The Balaban J connectivity index is 1.61. The summed E-state index contributed by atoms with van der Waals surface area (Å²) >= 11 is 0. The van der Waals surface area contributed by atoms with Gasteiger partial charge in [-0.05, 0) is 49.9 Å². The molecule has 0 unspecified atom stereocenters. The molecular formula is C19H20N4O3. The van der Waals surface area contributed by atoms with Gasteiger partial charge in [-0.2, -0.15) is 0 Å². The fourth-order valence-corrected chi connectivity index (χ4v) is 3.44. The monoisotopic (exact) mass is 352 g/mol. The van der Waals surface area contributed by atoms with Crippen molar-refractivity contribution < 1.29 is 9.72 Å². The first-order valence-corrected chi connectivity index (χ1v) is 8.90. The number of anilines is 1. The Morgan fingerprint density at radius 3 is 2.77 bits per heavy atom. The molecule has 2 fully saturated rings. The van der Waals surface area contributed by atoms with E-state index >= 15 is 0 Å². The minimum atomic E-state index is -0.429. The Labute approximate surface area is 151 Å². The van der Waals surface area contributed by atoms with Crippen molar-refractivity contribution in [1.29, 1.82) is 0 Å². The largest absolute Gasteiger partial charge is 0.377 e. The molecule has 26 heavy (non-hydrogen) atoms. The number of nitro benzene ring substituents is 1. The molecule has 134 valence electrons. The molecule has 1 amide bonds. The number of aromatic nitrogens is 1. The van der Waals surface area contributed by atoms with Crippen LogP contribution < -0.4 is 5.32 Å². The number of benzene rings is 1. The lowest BCUT2D eigenvalue weighted by molar-refractivity contribution is -0.384. The van der Waals surface area contributed by atoms with Gasteiger partial charge in [0, 0.05) is 30.4 Å². The van der Waals surface area contributed by atoms with E-state index in [1.807, 2.05) is 18.2 Å². The first-order valence-electron chi connectivity index (χ1n) is 8.90. The number of pyridine rings is 1. The molecule has 4 rings (SSSR count). The highest BCUT2D eigenvalue weighted by Gasteiger charge is 2.32. The molecule has 2 heterocycles. The van der Waals surface area contributed by atoms with Crippen LogP contribution in [0.3, 0.4) is 0 Å². The number of carbonyl (C=O) groups excluding carboxylic acids is 1. The lowest BCUT2D eigenvalue weighted by Crippen LogP contribution is -2.31. The lowest BCUT2D eigenvalue weighted by atomic mass is 10.1. The van der Waals surface area contributed by atoms with Crippen LogP contribution in [0, 0.1) is 10.1 Å². The van der Waals surface area contributed by atoms with Gasteiger partial charge in [0.2, 0.25) is 0 Å². The zero-order chi connectivity index (χ0) is 18.1. The molecule has 2 aliphatic rings. The van der Waals surface area contributed by atoms with Gasteiger partial charge in [0.1, 0.15) is 5.69 Å². The SMILES string of the molecule is O=C(c1ccc(NC2CC2)c([N+](=O)[O-])c1)N1CCC[C@@H]1c1ccccn1. The zero-order valence-corrected chi connectivity index (χ0v) is 14.3. The van der Waals surface area contributed by atoms with Gasteiger partial charge in [-0.1, -0.05) is 6.07 Å². The van der Waals surface area contributed by atoms with Crippen molar-refractivity contribution in [3.8, 4) is 0 Å². The maximum absolute atomic E-state index is 13.0. The standard InChI is InChI=1S/C19H20N4O3/c24-19(22-11-3-5-17(22)15-4-1-2-10-20-15)13-6-9-16(21-14-7-8-14)18(12-13)23(25)26/h1-2,4,6,9-10,12,14,17,21H,3,5,7-8,11H2/t17-/m1/s1. The smallest absolute Gasteiger partial charge is 0.293 e. The summed E-state index contributed by atoms with van der Waals surface area (Å²) in [5.74, 6) is -0.181. The Bertz CT molecular complexity index is 836. The predicted molar refractivity (Wildman–Crippen MR) is 97.0 cm³/mol. The lowest BCUT2D eigenvalue weighted by Gasteiger charge is -2.24. The fourth-order valence-electron chi connectivity index (χ4n) is 3.44. The van der Waals surface area contributed by atoms with E-state index in [2.05, 4.69) is 10.3 Å². The van der Waals surface area contributed by atoms with E-state index in [-0.39, 0.29) is 17.6 Å².